The zero-order valence-corrected chi connectivity index (χ0v) is 15.9. The Labute approximate surface area is 156 Å². The van der Waals surface area contributed by atoms with Crippen LogP contribution in [0.2, 0.25) is 0 Å². The van der Waals surface area contributed by atoms with E-state index >= 15 is 0 Å². The Morgan fingerprint density at radius 2 is 1.84 bits per heavy atom. The standard InChI is InChI=1S/C20H23BrFNO2/c1-24-19-11-10-18(21)17(12-23-16-4-2-3-5-16)20(19)25-13-14-6-8-15(22)9-7-14/h6-11,16,23H,2-5,12-13H2,1H3. The summed E-state index contributed by atoms with van der Waals surface area (Å²) >= 11 is 3.63. The van der Waals surface area contributed by atoms with Crippen molar-refractivity contribution in [1.82, 2.24) is 5.32 Å². The van der Waals surface area contributed by atoms with Gasteiger partial charge in [-0.15, -0.1) is 0 Å². The van der Waals surface area contributed by atoms with Gasteiger partial charge in [0.15, 0.2) is 11.5 Å². The molecule has 2 aromatic rings. The third-order valence-corrected chi connectivity index (χ3v) is 5.35. The second-order valence-electron chi connectivity index (χ2n) is 6.33. The third kappa shape index (κ3) is 4.73. The van der Waals surface area contributed by atoms with Gasteiger partial charge in [0.2, 0.25) is 0 Å². The molecule has 0 heterocycles. The predicted molar refractivity (Wildman–Crippen MR) is 101 cm³/mol. The van der Waals surface area contributed by atoms with Crippen molar-refractivity contribution in [2.75, 3.05) is 7.11 Å². The van der Waals surface area contributed by atoms with Gasteiger partial charge in [0.1, 0.15) is 12.4 Å². The number of halogens is 2. The number of rotatable bonds is 7. The highest BCUT2D eigenvalue weighted by Crippen LogP contribution is 2.37. The summed E-state index contributed by atoms with van der Waals surface area (Å²) in [5.41, 5.74) is 1.96. The maximum atomic E-state index is 13.1. The Bertz CT molecular complexity index is 700. The zero-order chi connectivity index (χ0) is 17.6. The second-order valence-corrected chi connectivity index (χ2v) is 7.19. The van der Waals surface area contributed by atoms with Crippen LogP contribution in [0.1, 0.15) is 36.8 Å². The van der Waals surface area contributed by atoms with E-state index in [1.807, 2.05) is 12.1 Å². The van der Waals surface area contributed by atoms with Gasteiger partial charge in [0.05, 0.1) is 7.11 Å². The van der Waals surface area contributed by atoms with Crippen molar-refractivity contribution in [2.24, 2.45) is 0 Å². The molecule has 0 aromatic heterocycles. The van der Waals surface area contributed by atoms with Crippen LogP contribution in [0.4, 0.5) is 4.39 Å². The van der Waals surface area contributed by atoms with Crippen molar-refractivity contribution in [3.05, 3.63) is 57.8 Å². The molecule has 2 aromatic carbocycles. The molecule has 1 aliphatic carbocycles. The first kappa shape index (κ1) is 18.2. The van der Waals surface area contributed by atoms with Crippen LogP contribution in [0.3, 0.4) is 0 Å². The molecule has 1 N–H and O–H groups in total. The van der Waals surface area contributed by atoms with E-state index in [1.165, 1.54) is 37.8 Å². The van der Waals surface area contributed by atoms with Crippen molar-refractivity contribution in [3.63, 3.8) is 0 Å². The van der Waals surface area contributed by atoms with Crippen molar-refractivity contribution >= 4 is 15.9 Å². The van der Waals surface area contributed by atoms with Crippen molar-refractivity contribution in [2.45, 2.75) is 44.9 Å². The lowest BCUT2D eigenvalue weighted by molar-refractivity contribution is 0.279. The van der Waals surface area contributed by atoms with E-state index in [4.69, 9.17) is 9.47 Å². The Morgan fingerprint density at radius 1 is 1.12 bits per heavy atom. The fourth-order valence-corrected chi connectivity index (χ4v) is 3.63. The van der Waals surface area contributed by atoms with Gasteiger partial charge in [-0.05, 0) is 42.7 Å². The van der Waals surface area contributed by atoms with Gasteiger partial charge in [-0.2, -0.15) is 0 Å². The normalized spacial score (nSPS) is 14.7. The minimum atomic E-state index is -0.245. The Kier molecular flexibility index (Phi) is 6.32. The molecule has 0 bridgehead atoms. The second kappa shape index (κ2) is 8.68. The Hall–Kier alpha value is -1.59. The van der Waals surface area contributed by atoms with Gasteiger partial charge in [0, 0.05) is 22.6 Å². The molecular formula is C20H23BrFNO2. The monoisotopic (exact) mass is 407 g/mol. The zero-order valence-electron chi connectivity index (χ0n) is 14.4. The van der Waals surface area contributed by atoms with Crippen molar-refractivity contribution in [3.8, 4) is 11.5 Å². The third-order valence-electron chi connectivity index (χ3n) is 4.61. The highest BCUT2D eigenvalue weighted by Gasteiger charge is 2.18. The summed E-state index contributed by atoms with van der Waals surface area (Å²) in [6.45, 7) is 1.09. The molecule has 3 nitrogen and oxygen atoms in total. The van der Waals surface area contributed by atoms with Gasteiger partial charge < -0.3 is 14.8 Å². The summed E-state index contributed by atoms with van der Waals surface area (Å²) in [5, 5.41) is 3.62. The fourth-order valence-electron chi connectivity index (χ4n) is 3.18. The van der Waals surface area contributed by atoms with Crippen LogP contribution in [-0.4, -0.2) is 13.2 Å². The van der Waals surface area contributed by atoms with Crippen LogP contribution in [0.5, 0.6) is 11.5 Å². The minimum Gasteiger partial charge on any atom is -0.493 e. The van der Waals surface area contributed by atoms with E-state index < -0.39 is 0 Å². The first-order chi connectivity index (χ1) is 12.2. The fraction of sp³-hybridized carbons (Fsp3) is 0.400. The van der Waals surface area contributed by atoms with Crippen molar-refractivity contribution in [1.29, 1.82) is 0 Å². The molecule has 1 aliphatic rings. The summed E-state index contributed by atoms with van der Waals surface area (Å²) in [7, 11) is 1.64. The maximum absolute atomic E-state index is 13.1. The molecule has 0 spiro atoms. The molecule has 0 radical (unpaired) electrons. The molecule has 5 heteroatoms. The predicted octanol–water partition coefficient (Wildman–Crippen LogP) is 5.21. The summed E-state index contributed by atoms with van der Waals surface area (Å²) in [6.07, 6.45) is 5.05. The van der Waals surface area contributed by atoms with Crippen LogP contribution >= 0.6 is 15.9 Å². The number of methoxy groups -OCH3 is 1. The molecule has 134 valence electrons. The first-order valence-corrected chi connectivity index (χ1v) is 9.42. The lowest BCUT2D eigenvalue weighted by atomic mass is 10.1. The highest BCUT2D eigenvalue weighted by atomic mass is 79.9. The van der Waals surface area contributed by atoms with Gasteiger partial charge in [-0.25, -0.2) is 4.39 Å². The largest absolute Gasteiger partial charge is 0.493 e. The average molecular weight is 408 g/mol. The smallest absolute Gasteiger partial charge is 0.167 e. The van der Waals surface area contributed by atoms with Gasteiger partial charge in [-0.1, -0.05) is 40.9 Å². The minimum absolute atomic E-state index is 0.245. The van der Waals surface area contributed by atoms with Gasteiger partial charge >= 0.3 is 0 Å². The number of hydrogen-bond donors (Lipinski definition) is 1. The summed E-state index contributed by atoms with van der Waals surface area (Å²) in [6, 6.07) is 10.8. The molecule has 0 saturated heterocycles. The SMILES string of the molecule is COc1ccc(Br)c(CNC2CCCC2)c1OCc1ccc(F)cc1. The molecule has 25 heavy (non-hydrogen) atoms. The Balaban J connectivity index is 1.76. The van der Waals surface area contributed by atoms with Gasteiger partial charge in [-0.3, -0.25) is 0 Å². The number of benzene rings is 2. The summed E-state index contributed by atoms with van der Waals surface area (Å²) in [5.74, 6) is 1.19. The van der Waals surface area contributed by atoms with E-state index in [2.05, 4.69) is 21.2 Å². The van der Waals surface area contributed by atoms with E-state index in [0.717, 1.165) is 27.9 Å². The van der Waals surface area contributed by atoms with Crippen LogP contribution in [-0.2, 0) is 13.2 Å². The van der Waals surface area contributed by atoms with Crippen LogP contribution in [0.25, 0.3) is 0 Å². The molecule has 0 amide bonds. The Morgan fingerprint density at radius 3 is 2.52 bits per heavy atom. The maximum Gasteiger partial charge on any atom is 0.167 e. The van der Waals surface area contributed by atoms with E-state index in [0.29, 0.717) is 18.4 Å². The lowest BCUT2D eigenvalue weighted by Crippen LogP contribution is -2.25. The number of hydrogen-bond acceptors (Lipinski definition) is 3. The van der Waals surface area contributed by atoms with Crippen LogP contribution in [0, 0.1) is 5.82 Å². The number of ether oxygens (including phenoxy) is 2. The van der Waals surface area contributed by atoms with Crippen LogP contribution < -0.4 is 14.8 Å². The van der Waals surface area contributed by atoms with Gasteiger partial charge in [0.25, 0.3) is 0 Å². The first-order valence-electron chi connectivity index (χ1n) is 8.63. The molecule has 3 rings (SSSR count). The molecule has 0 aliphatic heterocycles. The summed E-state index contributed by atoms with van der Waals surface area (Å²) in [4.78, 5) is 0. The number of nitrogens with one attached hydrogen (secondary N) is 1. The topological polar surface area (TPSA) is 30.5 Å². The molecule has 1 saturated carbocycles. The molecule has 0 unspecified atom stereocenters. The quantitative estimate of drug-likeness (QED) is 0.683. The average Bonchev–Trinajstić information content (AvgIpc) is 3.14. The van der Waals surface area contributed by atoms with E-state index in [1.54, 1.807) is 19.2 Å². The molecular weight excluding hydrogens is 385 g/mol. The lowest BCUT2D eigenvalue weighted by Gasteiger charge is -2.19. The summed E-state index contributed by atoms with van der Waals surface area (Å²) < 4.78 is 25.6. The van der Waals surface area contributed by atoms with Crippen LogP contribution in [0.15, 0.2) is 40.9 Å². The molecule has 0 atom stereocenters. The van der Waals surface area contributed by atoms with E-state index in [9.17, 15) is 4.39 Å². The highest BCUT2D eigenvalue weighted by molar-refractivity contribution is 9.10. The van der Waals surface area contributed by atoms with E-state index in [-0.39, 0.29) is 5.82 Å². The van der Waals surface area contributed by atoms with Crippen molar-refractivity contribution < 1.29 is 13.9 Å². The molecule has 1 fully saturated rings.